The molecule has 0 N–H and O–H groups in total. The summed E-state index contributed by atoms with van der Waals surface area (Å²) >= 11 is 5.67. The standard InChI is InChI=1S/C9H8ClN3/c1-13-5-4-8(12-13)7-2-3-9(10)11-6-7/h2-6H,1H3. The number of nitrogens with zero attached hydrogens (tertiary/aromatic N) is 3. The molecular formula is C9H8ClN3. The number of rotatable bonds is 1. The summed E-state index contributed by atoms with van der Waals surface area (Å²) in [6.07, 6.45) is 3.61. The second kappa shape index (κ2) is 3.18. The Morgan fingerprint density at radius 1 is 1.31 bits per heavy atom. The van der Waals surface area contributed by atoms with E-state index in [1.54, 1.807) is 16.9 Å². The zero-order valence-electron chi connectivity index (χ0n) is 7.11. The highest BCUT2D eigenvalue weighted by Crippen LogP contribution is 2.16. The van der Waals surface area contributed by atoms with Gasteiger partial charge in [-0.05, 0) is 18.2 Å². The smallest absolute Gasteiger partial charge is 0.129 e. The first-order valence-corrected chi connectivity index (χ1v) is 4.25. The number of hydrogen-bond donors (Lipinski definition) is 0. The van der Waals surface area contributed by atoms with Crippen molar-refractivity contribution in [1.82, 2.24) is 14.8 Å². The minimum Gasteiger partial charge on any atom is -0.275 e. The van der Waals surface area contributed by atoms with E-state index in [9.17, 15) is 0 Å². The van der Waals surface area contributed by atoms with E-state index in [1.807, 2.05) is 25.4 Å². The van der Waals surface area contributed by atoms with Crippen molar-refractivity contribution < 1.29 is 0 Å². The van der Waals surface area contributed by atoms with Crippen LogP contribution in [0.25, 0.3) is 11.3 Å². The minimum atomic E-state index is 0.500. The van der Waals surface area contributed by atoms with Crippen molar-refractivity contribution in [2.24, 2.45) is 7.05 Å². The van der Waals surface area contributed by atoms with Crippen LogP contribution in [0.15, 0.2) is 30.6 Å². The Kier molecular flexibility index (Phi) is 2.02. The summed E-state index contributed by atoms with van der Waals surface area (Å²) in [6.45, 7) is 0. The quantitative estimate of drug-likeness (QED) is 0.650. The first-order valence-electron chi connectivity index (χ1n) is 3.87. The van der Waals surface area contributed by atoms with Gasteiger partial charge in [0.2, 0.25) is 0 Å². The Bertz CT molecular complexity index is 405. The fourth-order valence-corrected chi connectivity index (χ4v) is 1.21. The molecule has 4 heteroatoms. The van der Waals surface area contributed by atoms with E-state index in [0.29, 0.717) is 5.15 Å². The molecule has 0 spiro atoms. The fraction of sp³-hybridized carbons (Fsp3) is 0.111. The van der Waals surface area contributed by atoms with Crippen molar-refractivity contribution >= 4 is 11.6 Å². The van der Waals surface area contributed by atoms with Gasteiger partial charge >= 0.3 is 0 Å². The van der Waals surface area contributed by atoms with Gasteiger partial charge in [-0.15, -0.1) is 0 Å². The molecule has 0 aliphatic rings. The molecule has 0 saturated heterocycles. The Labute approximate surface area is 81.0 Å². The zero-order valence-corrected chi connectivity index (χ0v) is 7.86. The zero-order chi connectivity index (χ0) is 9.26. The summed E-state index contributed by atoms with van der Waals surface area (Å²) < 4.78 is 1.75. The van der Waals surface area contributed by atoms with Gasteiger partial charge in [-0.3, -0.25) is 4.68 Å². The molecule has 0 unspecified atom stereocenters. The van der Waals surface area contributed by atoms with E-state index in [2.05, 4.69) is 10.1 Å². The van der Waals surface area contributed by atoms with Crippen LogP contribution in [0.4, 0.5) is 0 Å². The van der Waals surface area contributed by atoms with Crippen LogP contribution in [-0.4, -0.2) is 14.8 Å². The highest BCUT2D eigenvalue weighted by Gasteiger charge is 2.00. The molecule has 0 bridgehead atoms. The third kappa shape index (κ3) is 1.70. The predicted molar refractivity (Wildman–Crippen MR) is 51.4 cm³/mol. The van der Waals surface area contributed by atoms with E-state index >= 15 is 0 Å². The molecule has 0 aliphatic heterocycles. The Morgan fingerprint density at radius 3 is 2.69 bits per heavy atom. The highest BCUT2D eigenvalue weighted by atomic mass is 35.5. The first-order chi connectivity index (χ1) is 6.25. The second-order valence-electron chi connectivity index (χ2n) is 2.74. The molecule has 66 valence electrons. The van der Waals surface area contributed by atoms with Gasteiger partial charge in [0, 0.05) is 25.0 Å². The van der Waals surface area contributed by atoms with Gasteiger partial charge in [-0.2, -0.15) is 5.10 Å². The third-order valence-electron chi connectivity index (χ3n) is 1.74. The molecule has 2 aromatic rings. The number of aromatic nitrogens is 3. The lowest BCUT2D eigenvalue weighted by Crippen LogP contribution is -1.88. The molecular weight excluding hydrogens is 186 g/mol. The Morgan fingerprint density at radius 2 is 2.15 bits per heavy atom. The normalized spacial score (nSPS) is 10.3. The maximum absolute atomic E-state index is 5.67. The Hall–Kier alpha value is -1.35. The molecule has 0 saturated carbocycles. The lowest BCUT2D eigenvalue weighted by atomic mass is 10.2. The number of hydrogen-bond acceptors (Lipinski definition) is 2. The topological polar surface area (TPSA) is 30.7 Å². The molecule has 2 aromatic heterocycles. The predicted octanol–water partition coefficient (Wildman–Crippen LogP) is 2.14. The van der Waals surface area contributed by atoms with Crippen molar-refractivity contribution in [3.8, 4) is 11.3 Å². The van der Waals surface area contributed by atoms with Crippen molar-refractivity contribution in [1.29, 1.82) is 0 Å². The van der Waals surface area contributed by atoms with Crippen LogP contribution in [0.5, 0.6) is 0 Å². The monoisotopic (exact) mass is 193 g/mol. The molecule has 0 aromatic carbocycles. The first kappa shape index (κ1) is 8.26. The van der Waals surface area contributed by atoms with Gasteiger partial charge < -0.3 is 0 Å². The third-order valence-corrected chi connectivity index (χ3v) is 1.96. The van der Waals surface area contributed by atoms with Crippen molar-refractivity contribution in [3.63, 3.8) is 0 Å². The van der Waals surface area contributed by atoms with Crippen LogP contribution >= 0.6 is 11.6 Å². The van der Waals surface area contributed by atoms with Crippen LogP contribution in [0, 0.1) is 0 Å². The van der Waals surface area contributed by atoms with Crippen molar-refractivity contribution in [2.45, 2.75) is 0 Å². The van der Waals surface area contributed by atoms with Gasteiger partial charge in [0.15, 0.2) is 0 Å². The second-order valence-corrected chi connectivity index (χ2v) is 3.13. The molecule has 0 amide bonds. The average molecular weight is 194 g/mol. The largest absolute Gasteiger partial charge is 0.275 e. The summed E-state index contributed by atoms with van der Waals surface area (Å²) in [6, 6.07) is 5.59. The van der Waals surface area contributed by atoms with E-state index in [1.165, 1.54) is 0 Å². The van der Waals surface area contributed by atoms with Crippen LogP contribution in [0.3, 0.4) is 0 Å². The van der Waals surface area contributed by atoms with Crippen LogP contribution in [0.2, 0.25) is 5.15 Å². The van der Waals surface area contributed by atoms with Crippen molar-refractivity contribution in [2.75, 3.05) is 0 Å². The SMILES string of the molecule is Cn1ccc(-c2ccc(Cl)nc2)n1. The molecule has 0 aliphatic carbocycles. The molecule has 0 fully saturated rings. The lowest BCUT2D eigenvalue weighted by Gasteiger charge is -1.94. The van der Waals surface area contributed by atoms with Gasteiger partial charge in [-0.25, -0.2) is 4.98 Å². The summed E-state index contributed by atoms with van der Waals surface area (Å²) in [5, 5.41) is 4.74. The molecule has 0 atom stereocenters. The maximum Gasteiger partial charge on any atom is 0.129 e. The Balaban J connectivity index is 2.41. The van der Waals surface area contributed by atoms with E-state index in [-0.39, 0.29) is 0 Å². The highest BCUT2D eigenvalue weighted by molar-refractivity contribution is 6.29. The maximum atomic E-state index is 5.67. The lowest BCUT2D eigenvalue weighted by molar-refractivity contribution is 0.771. The van der Waals surface area contributed by atoms with Gasteiger partial charge in [0.05, 0.1) is 5.69 Å². The van der Waals surface area contributed by atoms with Crippen LogP contribution < -0.4 is 0 Å². The number of halogens is 1. The van der Waals surface area contributed by atoms with Gasteiger partial charge in [0.25, 0.3) is 0 Å². The molecule has 13 heavy (non-hydrogen) atoms. The van der Waals surface area contributed by atoms with E-state index in [0.717, 1.165) is 11.3 Å². The average Bonchev–Trinajstić information content (AvgIpc) is 2.53. The van der Waals surface area contributed by atoms with Gasteiger partial charge in [0.1, 0.15) is 5.15 Å². The summed E-state index contributed by atoms with van der Waals surface area (Å²) in [5.41, 5.74) is 1.89. The van der Waals surface area contributed by atoms with E-state index < -0.39 is 0 Å². The summed E-state index contributed by atoms with van der Waals surface area (Å²) in [7, 11) is 1.88. The molecule has 0 radical (unpaired) electrons. The number of aryl methyl sites for hydroxylation is 1. The molecule has 3 nitrogen and oxygen atoms in total. The van der Waals surface area contributed by atoms with Gasteiger partial charge in [-0.1, -0.05) is 11.6 Å². The fourth-order valence-electron chi connectivity index (χ4n) is 1.10. The summed E-state index contributed by atoms with van der Waals surface area (Å²) in [5.74, 6) is 0. The van der Waals surface area contributed by atoms with Crippen LogP contribution in [0.1, 0.15) is 0 Å². The van der Waals surface area contributed by atoms with Crippen molar-refractivity contribution in [3.05, 3.63) is 35.7 Å². The summed E-state index contributed by atoms with van der Waals surface area (Å²) in [4.78, 5) is 3.98. The van der Waals surface area contributed by atoms with E-state index in [4.69, 9.17) is 11.6 Å². The number of pyridine rings is 1. The molecule has 2 heterocycles. The minimum absolute atomic E-state index is 0.500. The van der Waals surface area contributed by atoms with Crippen LogP contribution in [-0.2, 0) is 7.05 Å². The molecule has 2 rings (SSSR count).